The summed E-state index contributed by atoms with van der Waals surface area (Å²) in [4.78, 5) is 12.4. The molecule has 0 fully saturated rings. The molecule has 0 aliphatic rings. The highest BCUT2D eigenvalue weighted by atomic mass is 35.5. The predicted octanol–water partition coefficient (Wildman–Crippen LogP) is 3.53. The normalized spacial score (nSPS) is 12.9. The number of rotatable bonds is 5. The number of hydrogen-bond donors (Lipinski definition) is 2. The van der Waals surface area contributed by atoms with Crippen LogP contribution in [0.3, 0.4) is 0 Å². The van der Waals surface area contributed by atoms with Crippen molar-refractivity contribution in [2.24, 2.45) is 5.92 Å². The SMILES string of the molecule is Cc1c(C(=O)NC(CCO)C(C)C)oc2ccc(Cl)cc12. The first-order valence-electron chi connectivity index (χ1n) is 7.04. The van der Waals surface area contributed by atoms with Crippen LogP contribution in [-0.2, 0) is 0 Å². The molecule has 4 nitrogen and oxygen atoms in total. The number of amides is 1. The van der Waals surface area contributed by atoms with Gasteiger partial charge in [0.2, 0.25) is 0 Å². The number of aryl methyl sites for hydroxylation is 1. The first-order chi connectivity index (χ1) is 9.93. The molecule has 0 aliphatic carbocycles. The van der Waals surface area contributed by atoms with E-state index >= 15 is 0 Å². The summed E-state index contributed by atoms with van der Waals surface area (Å²) in [5.74, 6) is 0.281. The van der Waals surface area contributed by atoms with E-state index in [1.165, 1.54) is 0 Å². The molecule has 0 bridgehead atoms. The van der Waals surface area contributed by atoms with Gasteiger partial charge in [0, 0.05) is 28.6 Å². The zero-order chi connectivity index (χ0) is 15.6. The third-order valence-corrected chi connectivity index (χ3v) is 3.90. The minimum Gasteiger partial charge on any atom is -0.451 e. The highest BCUT2D eigenvalue weighted by Crippen LogP contribution is 2.28. The zero-order valence-corrected chi connectivity index (χ0v) is 13.2. The lowest BCUT2D eigenvalue weighted by Crippen LogP contribution is -2.39. The van der Waals surface area contributed by atoms with Gasteiger partial charge < -0.3 is 14.8 Å². The second kappa shape index (κ2) is 6.50. The Bertz CT molecular complexity index is 648. The summed E-state index contributed by atoms with van der Waals surface area (Å²) in [5.41, 5.74) is 1.42. The Morgan fingerprint density at radius 2 is 2.14 bits per heavy atom. The molecule has 21 heavy (non-hydrogen) atoms. The van der Waals surface area contributed by atoms with Crippen LogP contribution in [0.4, 0.5) is 0 Å². The average Bonchev–Trinajstić information content (AvgIpc) is 2.75. The maximum Gasteiger partial charge on any atom is 0.287 e. The van der Waals surface area contributed by atoms with Crippen LogP contribution < -0.4 is 5.32 Å². The average molecular weight is 310 g/mol. The van der Waals surface area contributed by atoms with Crippen molar-refractivity contribution in [3.8, 4) is 0 Å². The molecule has 1 unspecified atom stereocenters. The number of nitrogens with one attached hydrogen (secondary N) is 1. The Kier molecular flexibility index (Phi) is 4.91. The number of aliphatic hydroxyl groups is 1. The van der Waals surface area contributed by atoms with Gasteiger partial charge in [0.15, 0.2) is 5.76 Å². The smallest absolute Gasteiger partial charge is 0.287 e. The van der Waals surface area contributed by atoms with Gasteiger partial charge in [0.1, 0.15) is 5.58 Å². The second-order valence-corrected chi connectivity index (χ2v) is 5.97. The fourth-order valence-electron chi connectivity index (χ4n) is 2.35. The third-order valence-electron chi connectivity index (χ3n) is 3.67. The van der Waals surface area contributed by atoms with E-state index in [1.54, 1.807) is 18.2 Å². The molecule has 5 heteroatoms. The molecule has 1 atom stereocenters. The lowest BCUT2D eigenvalue weighted by molar-refractivity contribution is 0.0889. The number of aliphatic hydroxyl groups excluding tert-OH is 1. The van der Waals surface area contributed by atoms with Gasteiger partial charge in [-0.1, -0.05) is 25.4 Å². The van der Waals surface area contributed by atoms with Crippen LogP contribution in [0.25, 0.3) is 11.0 Å². The van der Waals surface area contributed by atoms with Crippen LogP contribution >= 0.6 is 11.6 Å². The molecular weight excluding hydrogens is 290 g/mol. The van der Waals surface area contributed by atoms with Crippen molar-refractivity contribution >= 4 is 28.5 Å². The van der Waals surface area contributed by atoms with E-state index in [-0.39, 0.29) is 24.5 Å². The van der Waals surface area contributed by atoms with Crippen molar-refractivity contribution in [3.63, 3.8) is 0 Å². The number of benzene rings is 1. The molecule has 0 saturated carbocycles. The number of hydrogen-bond acceptors (Lipinski definition) is 3. The summed E-state index contributed by atoms with van der Waals surface area (Å²) in [6, 6.07) is 5.20. The van der Waals surface area contributed by atoms with E-state index < -0.39 is 0 Å². The molecule has 1 aromatic carbocycles. The van der Waals surface area contributed by atoms with Gasteiger partial charge in [0.05, 0.1) is 0 Å². The number of carbonyl (C=O) groups is 1. The monoisotopic (exact) mass is 309 g/mol. The Labute approximate surface area is 129 Å². The van der Waals surface area contributed by atoms with Gasteiger partial charge >= 0.3 is 0 Å². The number of furan rings is 1. The van der Waals surface area contributed by atoms with Crippen LogP contribution in [-0.4, -0.2) is 23.7 Å². The minimum absolute atomic E-state index is 0.0395. The van der Waals surface area contributed by atoms with Crippen LogP contribution in [0.15, 0.2) is 22.6 Å². The standard InChI is InChI=1S/C16H20ClNO3/c1-9(2)13(6-7-19)18-16(20)15-10(3)12-8-11(17)4-5-14(12)21-15/h4-5,8-9,13,19H,6-7H2,1-3H3,(H,18,20). The van der Waals surface area contributed by atoms with Crippen molar-refractivity contribution < 1.29 is 14.3 Å². The van der Waals surface area contributed by atoms with Crippen molar-refractivity contribution in [2.45, 2.75) is 33.2 Å². The van der Waals surface area contributed by atoms with Crippen molar-refractivity contribution in [3.05, 3.63) is 34.5 Å². The Morgan fingerprint density at radius 1 is 1.43 bits per heavy atom. The molecule has 1 amide bonds. The van der Waals surface area contributed by atoms with Crippen LogP contribution in [0.1, 0.15) is 36.4 Å². The Hall–Kier alpha value is -1.52. The van der Waals surface area contributed by atoms with Gasteiger partial charge in [0.25, 0.3) is 5.91 Å². The predicted molar refractivity (Wildman–Crippen MR) is 83.8 cm³/mol. The molecule has 0 saturated heterocycles. The summed E-state index contributed by atoms with van der Waals surface area (Å²) in [5, 5.41) is 13.5. The number of halogens is 1. The van der Waals surface area contributed by atoms with Crippen molar-refractivity contribution in [2.75, 3.05) is 6.61 Å². The van der Waals surface area contributed by atoms with Gasteiger partial charge in [-0.25, -0.2) is 0 Å². The zero-order valence-electron chi connectivity index (χ0n) is 12.4. The minimum atomic E-state index is -0.257. The highest BCUT2D eigenvalue weighted by Gasteiger charge is 2.22. The van der Waals surface area contributed by atoms with Crippen molar-refractivity contribution in [1.82, 2.24) is 5.32 Å². The summed E-state index contributed by atoms with van der Waals surface area (Å²) in [6.45, 7) is 5.89. The Morgan fingerprint density at radius 3 is 2.76 bits per heavy atom. The van der Waals surface area contributed by atoms with E-state index in [2.05, 4.69) is 5.32 Å². The topological polar surface area (TPSA) is 62.5 Å². The molecule has 0 aliphatic heterocycles. The molecular formula is C16H20ClNO3. The summed E-state index contributed by atoms with van der Waals surface area (Å²) >= 11 is 5.98. The molecule has 2 aromatic rings. The van der Waals surface area contributed by atoms with Gasteiger partial charge in [-0.3, -0.25) is 4.79 Å². The van der Waals surface area contributed by atoms with Crippen LogP contribution in [0.5, 0.6) is 0 Å². The first kappa shape index (κ1) is 15.9. The Balaban J connectivity index is 2.29. The third kappa shape index (κ3) is 3.39. The van der Waals surface area contributed by atoms with E-state index in [4.69, 9.17) is 21.1 Å². The second-order valence-electron chi connectivity index (χ2n) is 5.53. The highest BCUT2D eigenvalue weighted by molar-refractivity contribution is 6.31. The van der Waals surface area contributed by atoms with E-state index in [0.717, 1.165) is 10.9 Å². The molecule has 0 spiro atoms. The molecule has 2 rings (SSSR count). The maximum atomic E-state index is 12.4. The van der Waals surface area contributed by atoms with Gasteiger partial charge in [-0.05, 0) is 37.5 Å². The summed E-state index contributed by atoms with van der Waals surface area (Å²) in [6.07, 6.45) is 0.522. The van der Waals surface area contributed by atoms with Crippen LogP contribution in [0, 0.1) is 12.8 Å². The summed E-state index contributed by atoms with van der Waals surface area (Å²) in [7, 11) is 0. The number of carbonyl (C=O) groups excluding carboxylic acids is 1. The lowest BCUT2D eigenvalue weighted by Gasteiger charge is -2.20. The quantitative estimate of drug-likeness (QED) is 0.888. The van der Waals surface area contributed by atoms with Crippen LogP contribution in [0.2, 0.25) is 5.02 Å². The van der Waals surface area contributed by atoms with E-state index in [1.807, 2.05) is 20.8 Å². The molecule has 0 radical (unpaired) electrons. The largest absolute Gasteiger partial charge is 0.451 e. The van der Waals surface area contributed by atoms with E-state index in [9.17, 15) is 4.79 Å². The lowest BCUT2D eigenvalue weighted by atomic mass is 10.0. The van der Waals surface area contributed by atoms with Gasteiger partial charge in [-0.2, -0.15) is 0 Å². The molecule has 1 aromatic heterocycles. The van der Waals surface area contributed by atoms with Crippen molar-refractivity contribution in [1.29, 1.82) is 0 Å². The molecule has 1 heterocycles. The summed E-state index contributed by atoms with van der Waals surface area (Å²) < 4.78 is 5.64. The first-order valence-corrected chi connectivity index (χ1v) is 7.42. The fourth-order valence-corrected chi connectivity index (χ4v) is 2.53. The molecule has 2 N–H and O–H groups in total. The maximum absolute atomic E-state index is 12.4. The molecule has 114 valence electrons. The fraction of sp³-hybridized carbons (Fsp3) is 0.438. The number of fused-ring (bicyclic) bond motifs is 1. The van der Waals surface area contributed by atoms with E-state index in [0.29, 0.717) is 22.8 Å². The van der Waals surface area contributed by atoms with Gasteiger partial charge in [-0.15, -0.1) is 0 Å².